The Labute approximate surface area is 662 Å². The zero-order valence-corrected chi connectivity index (χ0v) is 65.2. The summed E-state index contributed by atoms with van der Waals surface area (Å²) in [5.41, 5.74) is -3.61. The number of fused-ring (bicyclic) bond motifs is 7. The first-order valence-corrected chi connectivity index (χ1v) is 39.7. The van der Waals surface area contributed by atoms with Crippen molar-refractivity contribution in [2.24, 2.45) is 50.2 Å². The fourth-order valence-corrected chi connectivity index (χ4v) is 20.9. The Morgan fingerprint density at radius 3 is 1.52 bits per heavy atom. The predicted molar refractivity (Wildman–Crippen MR) is 376 cm³/mol. The van der Waals surface area contributed by atoms with E-state index in [9.17, 15) is 107 Å². The molecule has 115 heavy (non-hydrogen) atoms. The molecule has 13 aliphatic rings. The van der Waals surface area contributed by atoms with Gasteiger partial charge in [-0.05, 0) is 117 Å². The second kappa shape index (κ2) is 35.3. The second-order valence-corrected chi connectivity index (χ2v) is 35.6. The Balaban J connectivity index is 0.00000127. The highest BCUT2D eigenvalue weighted by atomic mass is 16.8. The van der Waals surface area contributed by atoms with Gasteiger partial charge in [0.15, 0.2) is 49.9 Å². The summed E-state index contributed by atoms with van der Waals surface area (Å²) in [5, 5.41) is 234. The number of aliphatic hydroxyl groups is 21. The van der Waals surface area contributed by atoms with Gasteiger partial charge in [-0.15, -0.1) is 0 Å². The zero-order valence-electron chi connectivity index (χ0n) is 65.2. The molecule has 45 atom stereocenters. The van der Waals surface area contributed by atoms with Gasteiger partial charge in [0.05, 0.1) is 68.8 Å². The highest BCUT2D eigenvalue weighted by Crippen LogP contribution is 2.76. The third-order valence-electron chi connectivity index (χ3n) is 28.2. The lowest BCUT2D eigenvalue weighted by molar-refractivity contribution is -0.394. The van der Waals surface area contributed by atoms with E-state index < -0.39 is 304 Å². The molecule has 0 aromatic carbocycles. The summed E-state index contributed by atoms with van der Waals surface area (Å²) in [6.45, 7) is 12.8. The molecule has 17 unspecified atom stereocenters. The average molecular weight is 1660 g/mol. The number of ether oxygens (including phenoxy) is 15. The lowest BCUT2D eigenvalue weighted by Crippen LogP contribution is -2.69. The molecule has 8 aliphatic heterocycles. The summed E-state index contributed by atoms with van der Waals surface area (Å²) in [4.78, 5) is 43.1. The first kappa shape index (κ1) is 91.2. The maximum absolute atomic E-state index is 15.8. The van der Waals surface area contributed by atoms with E-state index in [1.807, 2.05) is 0 Å². The maximum atomic E-state index is 15.8. The van der Waals surface area contributed by atoms with Crippen LogP contribution in [0.2, 0.25) is 0 Å². The van der Waals surface area contributed by atoms with Gasteiger partial charge in [-0.2, -0.15) is 0 Å². The fraction of sp³-hybridized carbons (Fsp3) is 0.933. The Morgan fingerprint density at radius 1 is 0.452 bits per heavy atom. The highest BCUT2D eigenvalue weighted by Gasteiger charge is 2.72. The molecule has 40 nitrogen and oxygen atoms in total. The van der Waals surface area contributed by atoms with Gasteiger partial charge in [-0.3, -0.25) is 4.79 Å². The first-order chi connectivity index (χ1) is 54.0. The molecule has 5 aliphatic carbocycles. The van der Waals surface area contributed by atoms with Gasteiger partial charge >= 0.3 is 11.9 Å². The van der Waals surface area contributed by atoms with Crippen molar-refractivity contribution in [3.63, 3.8) is 0 Å². The maximum Gasteiger partial charge on any atom is 0.335 e. The van der Waals surface area contributed by atoms with Crippen molar-refractivity contribution in [3.05, 3.63) is 11.6 Å². The molecular formula is C75H120O40. The van der Waals surface area contributed by atoms with Crippen molar-refractivity contribution < 1.29 is 198 Å². The lowest BCUT2D eigenvalue weighted by atomic mass is 9.33. The topological polar surface area (TPSA) is 635 Å². The molecule has 13 rings (SSSR count). The smallest absolute Gasteiger partial charge is 0.335 e. The highest BCUT2D eigenvalue weighted by molar-refractivity contribution is 5.79. The molecular weight excluding hydrogens is 1540 g/mol. The van der Waals surface area contributed by atoms with Gasteiger partial charge in [-0.25, -0.2) is 4.79 Å². The van der Waals surface area contributed by atoms with Crippen LogP contribution in [0.1, 0.15) is 120 Å². The van der Waals surface area contributed by atoms with Crippen molar-refractivity contribution >= 4 is 18.2 Å². The molecule has 0 bridgehead atoms. The van der Waals surface area contributed by atoms with Crippen LogP contribution in [0.5, 0.6) is 0 Å². The van der Waals surface area contributed by atoms with E-state index >= 15 is 4.79 Å². The van der Waals surface area contributed by atoms with E-state index in [4.69, 9.17) is 86.4 Å². The molecule has 0 amide bonds. The Bertz CT molecular complexity index is 3310. The number of carboxylic acid groups (broad SMARTS) is 1. The standard InChI is InChI=1S/C70H110O36.C5H10O4/c1-25-36(76)41(81)45(85)58(95-25)101-51-48(88)53(56(90)91)103-63(55(51)105-60-47(87)43(83)40(80)32(21-72)98-60)99-35-12-13-66(5)33(67(35,6)24-73)11-14-69(8)34(66)10-9-27-28-19-65(3,4)15-17-70(28,18-16-68(27,69)7)64(92)106-62-54(38(78)30(75)23-94-62)104-61-49(89)52(102-59-46(86)42(82)39(79)31(20-71)97-59)50(26(2)96-61)100-57-44(84)37(77)29(74)22-93-57;6-3-1-9-2-4(7)5(3)8/h9,24-26,28-55,57-63,71-72,74-89H,10-23H2,1-8H3,(H,90,91);3-8H,1-2H2/t25?,26?,28-,29+,30-,31?,32?,33?,34?,35?,36-,37+,38+,39+,40-,41-,42+,43+,44?,45?,46?,47?,48-,49?,50-,51+,52+,53?,54?,55?,57-,58-,59-,60-,61-,62-,63+,66-,67-,68+,69+,70-;3-,4?,5?/m01/s1. The van der Waals surface area contributed by atoms with Crippen molar-refractivity contribution in [1.82, 2.24) is 0 Å². The van der Waals surface area contributed by atoms with Crippen LogP contribution in [0.25, 0.3) is 0 Å². The molecule has 4 saturated carbocycles. The molecule has 40 heteroatoms. The molecule has 0 aromatic rings. The number of esters is 1. The largest absolute Gasteiger partial charge is 0.479 e. The van der Waals surface area contributed by atoms with Crippen molar-refractivity contribution in [1.29, 1.82) is 0 Å². The molecule has 0 spiro atoms. The molecule has 0 radical (unpaired) electrons. The fourth-order valence-electron chi connectivity index (χ4n) is 20.9. The Morgan fingerprint density at radius 2 is 0.948 bits per heavy atom. The molecule has 22 N–H and O–H groups in total. The summed E-state index contributed by atoms with van der Waals surface area (Å²) >= 11 is 0. The summed E-state index contributed by atoms with van der Waals surface area (Å²) in [6, 6.07) is 0. The summed E-state index contributed by atoms with van der Waals surface area (Å²) in [6.07, 6.45) is -56.8. The quantitative estimate of drug-likeness (QED) is 0.0262. The first-order valence-electron chi connectivity index (χ1n) is 39.7. The zero-order chi connectivity index (χ0) is 84.2. The van der Waals surface area contributed by atoms with E-state index in [1.165, 1.54) is 13.8 Å². The number of allylic oxidation sites excluding steroid dienone is 2. The molecule has 660 valence electrons. The van der Waals surface area contributed by atoms with Crippen LogP contribution in [-0.4, -0.2) is 397 Å². The number of carbonyl (C=O) groups excluding carboxylic acids is 2. The summed E-state index contributed by atoms with van der Waals surface area (Å²) in [7, 11) is 0. The van der Waals surface area contributed by atoms with E-state index in [2.05, 4.69) is 40.7 Å². The predicted octanol–water partition coefficient (Wildman–Crippen LogP) is -7.86. The number of carbonyl (C=O) groups is 3. The number of carboxylic acids is 1. The van der Waals surface area contributed by atoms with Gasteiger partial charge in [-0.1, -0.05) is 53.2 Å². The van der Waals surface area contributed by atoms with Crippen molar-refractivity contribution in [2.75, 3.05) is 39.6 Å². The van der Waals surface area contributed by atoms with Crippen molar-refractivity contribution in [3.8, 4) is 0 Å². The van der Waals surface area contributed by atoms with Crippen LogP contribution >= 0.6 is 0 Å². The number of hydrogen-bond acceptors (Lipinski definition) is 39. The van der Waals surface area contributed by atoms with Crippen LogP contribution in [0.15, 0.2) is 11.6 Å². The normalized spacial score (nSPS) is 53.9. The summed E-state index contributed by atoms with van der Waals surface area (Å²) in [5.74, 6) is -3.43. The van der Waals surface area contributed by atoms with E-state index in [-0.39, 0.29) is 31.0 Å². The number of aldehydes is 1. The van der Waals surface area contributed by atoms with Crippen LogP contribution in [0.3, 0.4) is 0 Å². The second-order valence-electron chi connectivity index (χ2n) is 35.6. The van der Waals surface area contributed by atoms with Crippen LogP contribution < -0.4 is 0 Å². The van der Waals surface area contributed by atoms with E-state index in [0.29, 0.717) is 57.8 Å². The Hall–Kier alpha value is -3.05. The minimum Gasteiger partial charge on any atom is -0.479 e. The van der Waals surface area contributed by atoms with Crippen LogP contribution in [0.4, 0.5) is 0 Å². The van der Waals surface area contributed by atoms with Gasteiger partial charge in [0, 0.05) is 0 Å². The molecule has 8 saturated heterocycles. The van der Waals surface area contributed by atoms with Gasteiger partial charge in [0.25, 0.3) is 0 Å². The number of hydrogen-bond donors (Lipinski definition) is 22. The monoisotopic (exact) mass is 1660 g/mol. The molecule has 12 fully saturated rings. The minimum absolute atomic E-state index is 0.109. The lowest BCUT2D eigenvalue weighted by Gasteiger charge is -2.71. The van der Waals surface area contributed by atoms with Gasteiger partial charge < -0.3 is 188 Å². The van der Waals surface area contributed by atoms with E-state index in [1.54, 1.807) is 6.92 Å². The third kappa shape index (κ3) is 16.7. The minimum atomic E-state index is -2.22. The SMILES string of the molecule is CC1O[C@@H](O[C@H]2C(O[C@@H]3OC(CO)[C@H](O)[C@@H](O)C3O)[C@H](OC3CC[C@@]4(C)C(CC[C@]5(C)C4CC=C4[C@@H]6CC(C)(C)CC[C@]6(C(=O)O[C@@H]6OC[C@H](O)[C@@H](O)C6O[C@@H]6OC(C)[C@H](O[C@@H]7OC[C@@H](O)[C@@H](O)C7O)[C@H](O[C@@H]7OC(CO)[C@@H](O)[C@@H](O)C7O)C6O)CC[C@]45C)[C@]3(C)C=O)OC(C(=O)O)[C@H]2O)C(O)[C@@H](O)[C@H]1O.OC1COC[C@@H](O)C1O. The van der Waals surface area contributed by atoms with E-state index in [0.717, 1.165) is 11.9 Å². The van der Waals surface area contributed by atoms with Crippen molar-refractivity contribution in [2.45, 2.75) is 347 Å². The van der Waals surface area contributed by atoms with Crippen LogP contribution in [0, 0.1) is 50.2 Å². The number of aliphatic carboxylic acids is 1. The van der Waals surface area contributed by atoms with Gasteiger partial charge in [0.1, 0.15) is 159 Å². The number of rotatable bonds is 18. The molecule has 0 aromatic heterocycles. The number of aliphatic hydroxyl groups excluding tert-OH is 21. The average Bonchev–Trinajstić information content (AvgIpc) is 0.673. The Kier molecular flexibility index (Phi) is 28.0. The van der Waals surface area contributed by atoms with Gasteiger partial charge in [0.2, 0.25) is 6.29 Å². The summed E-state index contributed by atoms with van der Waals surface area (Å²) < 4.78 is 89.6. The molecule has 8 heterocycles. The third-order valence-corrected chi connectivity index (χ3v) is 28.2. The van der Waals surface area contributed by atoms with Crippen LogP contribution in [-0.2, 0) is 85.4 Å².